The molecule has 0 saturated heterocycles. The van der Waals surface area contributed by atoms with Crippen LogP contribution in [-0.4, -0.2) is 18.4 Å². The van der Waals surface area contributed by atoms with Crippen molar-refractivity contribution in [3.05, 3.63) is 83.1 Å². The molecule has 2 heterocycles. The van der Waals surface area contributed by atoms with Crippen molar-refractivity contribution in [2.45, 2.75) is 18.0 Å². The standard InChI is InChI=1S/C22H15ClF3N3O3S/c1-13-10-18(29-33(30,31)15-7-8-17(23)16(11-15)22(24,25)26)21(28-12-13)32-19-6-2-4-14-5-3-9-27-20(14)19/h2-12,29H,1H3/i4D. The quantitative estimate of drug-likeness (QED) is 0.357. The van der Waals surface area contributed by atoms with Crippen molar-refractivity contribution in [3.8, 4) is 11.6 Å². The van der Waals surface area contributed by atoms with Crippen molar-refractivity contribution in [1.82, 2.24) is 9.97 Å². The van der Waals surface area contributed by atoms with E-state index in [4.69, 9.17) is 17.7 Å². The van der Waals surface area contributed by atoms with Crippen molar-refractivity contribution in [3.63, 3.8) is 0 Å². The summed E-state index contributed by atoms with van der Waals surface area (Å²) in [6, 6.07) is 10.3. The second kappa shape index (κ2) is 8.53. The van der Waals surface area contributed by atoms with Crippen molar-refractivity contribution in [2.75, 3.05) is 4.72 Å². The zero-order valence-electron chi connectivity index (χ0n) is 17.8. The number of halogens is 4. The van der Waals surface area contributed by atoms with Gasteiger partial charge in [-0.3, -0.25) is 9.71 Å². The van der Waals surface area contributed by atoms with Gasteiger partial charge in [-0.05, 0) is 48.9 Å². The Kier molecular flexibility index (Phi) is 5.55. The molecule has 33 heavy (non-hydrogen) atoms. The van der Waals surface area contributed by atoms with Gasteiger partial charge in [-0.2, -0.15) is 13.2 Å². The second-order valence-electron chi connectivity index (χ2n) is 6.95. The highest BCUT2D eigenvalue weighted by molar-refractivity contribution is 7.92. The number of benzene rings is 2. The van der Waals surface area contributed by atoms with Crippen LogP contribution in [0.1, 0.15) is 12.5 Å². The van der Waals surface area contributed by atoms with Crippen molar-refractivity contribution < 1.29 is 27.7 Å². The number of pyridine rings is 2. The molecule has 0 bridgehead atoms. The van der Waals surface area contributed by atoms with Crippen LogP contribution in [0.15, 0.2) is 71.9 Å². The van der Waals surface area contributed by atoms with Crippen LogP contribution in [0.2, 0.25) is 5.02 Å². The van der Waals surface area contributed by atoms with Gasteiger partial charge in [0.15, 0.2) is 5.75 Å². The predicted molar refractivity (Wildman–Crippen MR) is 118 cm³/mol. The summed E-state index contributed by atoms with van der Waals surface area (Å²) in [7, 11) is -4.47. The molecule has 1 N–H and O–H groups in total. The maximum atomic E-state index is 13.2. The van der Waals surface area contributed by atoms with Crippen LogP contribution in [0.3, 0.4) is 0 Å². The molecule has 170 valence electrons. The minimum absolute atomic E-state index is 0.0949. The lowest BCUT2D eigenvalue weighted by atomic mass is 10.2. The highest BCUT2D eigenvalue weighted by Gasteiger charge is 2.34. The van der Waals surface area contributed by atoms with Gasteiger partial charge in [0.2, 0.25) is 5.88 Å². The first-order valence-corrected chi connectivity index (χ1v) is 11.2. The first kappa shape index (κ1) is 21.5. The summed E-state index contributed by atoms with van der Waals surface area (Å²) in [6.07, 6.45) is -1.88. The molecule has 0 saturated carbocycles. The Balaban J connectivity index is 1.74. The predicted octanol–water partition coefficient (Wildman–Crippen LogP) is 6.20. The molecule has 0 fully saturated rings. The molecule has 0 aliphatic carbocycles. The first-order valence-electron chi connectivity index (χ1n) is 9.84. The first-order chi connectivity index (χ1) is 16.0. The molecular formula is C22H15ClF3N3O3S. The Morgan fingerprint density at radius 3 is 2.67 bits per heavy atom. The maximum absolute atomic E-state index is 13.2. The van der Waals surface area contributed by atoms with Gasteiger partial charge in [0, 0.05) is 17.8 Å². The number of hydrogen-bond acceptors (Lipinski definition) is 5. The number of fused-ring (bicyclic) bond motifs is 1. The molecule has 2 aromatic carbocycles. The van der Waals surface area contributed by atoms with Crippen LogP contribution >= 0.6 is 11.6 Å². The highest BCUT2D eigenvalue weighted by atomic mass is 35.5. The average molecular weight is 495 g/mol. The van der Waals surface area contributed by atoms with E-state index >= 15 is 0 Å². The Hall–Kier alpha value is -3.37. The topological polar surface area (TPSA) is 81.2 Å². The summed E-state index contributed by atoms with van der Waals surface area (Å²) in [5.41, 5.74) is -0.438. The van der Waals surface area contributed by atoms with Gasteiger partial charge in [-0.25, -0.2) is 13.4 Å². The third kappa shape index (κ3) is 4.86. The second-order valence-corrected chi connectivity index (χ2v) is 9.04. The smallest absolute Gasteiger partial charge is 0.417 e. The molecule has 0 aliphatic rings. The fourth-order valence-electron chi connectivity index (χ4n) is 2.99. The SMILES string of the molecule is [2H]c1ccc(Oc2ncc(C)cc2NS(=O)(=O)c2ccc(Cl)c(C(F)(F)F)c2)c2ncccc12. The fourth-order valence-corrected chi connectivity index (χ4v) is 4.29. The zero-order chi connectivity index (χ0) is 24.7. The number of nitrogens with zero attached hydrogens (tertiary/aromatic N) is 2. The van der Waals surface area contributed by atoms with E-state index < -0.39 is 31.7 Å². The zero-order valence-corrected chi connectivity index (χ0v) is 18.4. The minimum atomic E-state index is -4.83. The van der Waals surface area contributed by atoms with Crippen LogP contribution in [0.5, 0.6) is 11.6 Å². The lowest BCUT2D eigenvalue weighted by Crippen LogP contribution is -2.16. The van der Waals surface area contributed by atoms with Crippen molar-refractivity contribution >= 4 is 38.2 Å². The molecule has 0 atom stereocenters. The number of aryl methyl sites for hydroxylation is 1. The summed E-state index contributed by atoms with van der Waals surface area (Å²) >= 11 is 5.60. The number of aromatic nitrogens is 2. The van der Waals surface area contributed by atoms with Crippen LogP contribution in [0.25, 0.3) is 10.9 Å². The molecule has 0 amide bonds. The molecule has 0 unspecified atom stereocenters. The van der Waals surface area contributed by atoms with Gasteiger partial charge >= 0.3 is 6.18 Å². The van der Waals surface area contributed by atoms with Crippen LogP contribution in [-0.2, 0) is 16.2 Å². The van der Waals surface area contributed by atoms with Gasteiger partial charge in [0.1, 0.15) is 11.2 Å². The summed E-state index contributed by atoms with van der Waals surface area (Å²) in [4.78, 5) is 7.71. The van der Waals surface area contributed by atoms with Gasteiger partial charge in [0.25, 0.3) is 10.0 Å². The van der Waals surface area contributed by atoms with Crippen LogP contribution in [0, 0.1) is 6.92 Å². The normalized spacial score (nSPS) is 12.5. The number of nitrogens with one attached hydrogen (secondary N) is 1. The summed E-state index contributed by atoms with van der Waals surface area (Å²) in [5, 5.41) is -0.111. The summed E-state index contributed by atoms with van der Waals surface area (Å²) in [6.45, 7) is 1.66. The van der Waals surface area contributed by atoms with E-state index in [2.05, 4.69) is 14.7 Å². The molecular weight excluding hydrogens is 479 g/mol. The minimum Gasteiger partial charge on any atom is -0.435 e. The lowest BCUT2D eigenvalue weighted by Gasteiger charge is -2.15. The molecule has 0 aliphatic heterocycles. The van der Waals surface area contributed by atoms with Gasteiger partial charge in [-0.1, -0.05) is 29.8 Å². The van der Waals surface area contributed by atoms with E-state index in [1.54, 1.807) is 19.1 Å². The van der Waals surface area contributed by atoms with E-state index in [0.717, 1.165) is 12.1 Å². The molecule has 2 aromatic heterocycles. The molecule has 4 aromatic rings. The number of alkyl halides is 3. The van der Waals surface area contributed by atoms with Gasteiger partial charge in [0.05, 0.1) is 16.9 Å². The Morgan fingerprint density at radius 1 is 1.12 bits per heavy atom. The van der Waals surface area contributed by atoms with Crippen molar-refractivity contribution in [1.29, 1.82) is 0 Å². The largest absolute Gasteiger partial charge is 0.435 e. The Labute approximate surface area is 193 Å². The monoisotopic (exact) mass is 494 g/mol. The molecule has 4 rings (SSSR count). The van der Waals surface area contributed by atoms with E-state index in [1.165, 1.54) is 30.6 Å². The Bertz CT molecular complexity index is 1510. The molecule has 6 nitrogen and oxygen atoms in total. The average Bonchev–Trinajstić information content (AvgIpc) is 2.76. The third-order valence-corrected chi connectivity index (χ3v) is 6.20. The molecule has 0 spiro atoms. The van der Waals surface area contributed by atoms with Crippen molar-refractivity contribution in [2.24, 2.45) is 0 Å². The number of ether oxygens (including phenoxy) is 1. The van der Waals surface area contributed by atoms with E-state index in [0.29, 0.717) is 22.5 Å². The van der Waals surface area contributed by atoms with Gasteiger partial charge < -0.3 is 4.74 Å². The molecule has 11 heteroatoms. The third-order valence-electron chi connectivity index (χ3n) is 4.51. The fraction of sp³-hybridized carbons (Fsp3) is 0.0909. The number of sulfonamides is 1. The van der Waals surface area contributed by atoms with E-state index in [-0.39, 0.29) is 23.4 Å². The summed E-state index contributed by atoms with van der Waals surface area (Å²) in [5.74, 6) is 0.0677. The van der Waals surface area contributed by atoms with Gasteiger partial charge in [-0.15, -0.1) is 0 Å². The van der Waals surface area contributed by atoms with Crippen LogP contribution < -0.4 is 9.46 Å². The Morgan fingerprint density at radius 2 is 1.91 bits per heavy atom. The number of anilines is 1. The molecule has 0 radical (unpaired) electrons. The maximum Gasteiger partial charge on any atom is 0.417 e. The van der Waals surface area contributed by atoms with E-state index in [9.17, 15) is 21.6 Å². The van der Waals surface area contributed by atoms with Crippen LogP contribution in [0.4, 0.5) is 18.9 Å². The highest BCUT2D eigenvalue weighted by Crippen LogP contribution is 2.37. The summed E-state index contributed by atoms with van der Waals surface area (Å²) < 4.78 is 81.5. The number of para-hydroxylation sites is 1. The number of rotatable bonds is 5. The van der Waals surface area contributed by atoms with E-state index in [1.807, 2.05) is 0 Å². The lowest BCUT2D eigenvalue weighted by molar-refractivity contribution is -0.137. The number of hydrogen-bond donors (Lipinski definition) is 1.